The highest BCUT2D eigenvalue weighted by Crippen LogP contribution is 2.27. The van der Waals surface area contributed by atoms with Crippen LogP contribution in [0.2, 0.25) is 0 Å². The molecule has 0 spiro atoms. The van der Waals surface area contributed by atoms with Crippen LogP contribution in [-0.2, 0) is 0 Å². The Morgan fingerprint density at radius 3 is 1.43 bits per heavy atom. The van der Waals surface area contributed by atoms with Crippen LogP contribution in [0.3, 0.4) is 0 Å². The summed E-state index contributed by atoms with van der Waals surface area (Å²) in [5, 5.41) is 3.91. The van der Waals surface area contributed by atoms with Gasteiger partial charge in [0.25, 0.3) is 0 Å². The van der Waals surface area contributed by atoms with Crippen LogP contribution >= 0.6 is 31.9 Å². The van der Waals surface area contributed by atoms with Crippen molar-refractivity contribution in [1.82, 2.24) is 19.9 Å². The van der Waals surface area contributed by atoms with Crippen LogP contribution in [0, 0.1) is 0 Å². The number of rotatable bonds is 8. The molecule has 2 aromatic carbocycles. The zero-order valence-corrected chi connectivity index (χ0v) is 28.7. The lowest BCUT2D eigenvalue weighted by Crippen LogP contribution is -2.16. The van der Waals surface area contributed by atoms with E-state index in [-0.39, 0.29) is 10.0 Å². The van der Waals surface area contributed by atoms with Gasteiger partial charge in [0.1, 0.15) is 11.5 Å². The van der Waals surface area contributed by atoms with E-state index in [1.165, 1.54) is 0 Å². The predicted octanol–water partition coefficient (Wildman–Crippen LogP) is 6.48. The van der Waals surface area contributed by atoms with Crippen LogP contribution < -0.4 is 30.9 Å². The highest BCUT2D eigenvalue weighted by atomic mass is 79.9. The summed E-state index contributed by atoms with van der Waals surface area (Å²) in [5.74, 6) is 1.63. The van der Waals surface area contributed by atoms with Gasteiger partial charge >= 0.3 is 0 Å². The van der Waals surface area contributed by atoms with Crippen molar-refractivity contribution < 1.29 is 9.47 Å². The number of alkyl halides is 2. The van der Waals surface area contributed by atoms with Crippen molar-refractivity contribution in [1.29, 1.82) is 0 Å². The zero-order valence-electron chi connectivity index (χ0n) is 25.5. The molecule has 8 bridgehead atoms. The third-order valence-corrected chi connectivity index (χ3v) is 9.62. The molecule has 46 heavy (non-hydrogen) atoms. The van der Waals surface area contributed by atoms with E-state index in [2.05, 4.69) is 151 Å². The Labute approximate surface area is 283 Å². The van der Waals surface area contributed by atoms with E-state index < -0.39 is 0 Å². The molecule has 4 aromatic heterocycles. The number of benzene rings is 2. The third-order valence-electron chi connectivity index (χ3n) is 7.95. The van der Waals surface area contributed by atoms with Crippen molar-refractivity contribution in [2.75, 3.05) is 0 Å². The van der Waals surface area contributed by atoms with Gasteiger partial charge in [-0.2, -0.15) is 0 Å². The molecule has 1 aliphatic heterocycles. The average Bonchev–Trinajstić information content (AvgIpc) is 3.88. The minimum Gasteiger partial charge on any atom is -0.479 e. The first kappa shape index (κ1) is 30.3. The van der Waals surface area contributed by atoms with Gasteiger partial charge in [-0.05, 0) is 141 Å². The van der Waals surface area contributed by atoms with Gasteiger partial charge in [0.05, 0.1) is 0 Å². The molecule has 8 heteroatoms. The molecule has 2 unspecified atom stereocenters. The fourth-order valence-electron chi connectivity index (χ4n) is 5.73. The van der Waals surface area contributed by atoms with Crippen LogP contribution in [-0.4, -0.2) is 30.0 Å². The summed E-state index contributed by atoms with van der Waals surface area (Å²) in [5.41, 5.74) is 8.22. The number of nitrogens with one attached hydrogen (secondary N) is 4. The van der Waals surface area contributed by atoms with Crippen molar-refractivity contribution in [3.05, 3.63) is 152 Å². The first-order chi connectivity index (χ1) is 22.4. The summed E-state index contributed by atoms with van der Waals surface area (Å²) in [6.07, 6.45) is 6.00. The summed E-state index contributed by atoms with van der Waals surface area (Å²) in [7, 11) is 0. The maximum Gasteiger partial charge on any atom is 0.153 e. The number of halogens is 2. The molecule has 0 amide bonds. The molecule has 2 atom stereocenters. The van der Waals surface area contributed by atoms with E-state index in [4.69, 9.17) is 9.47 Å². The van der Waals surface area contributed by atoms with Crippen LogP contribution in [0.4, 0.5) is 0 Å². The monoisotopic (exact) mass is 736 g/mol. The molecule has 0 saturated heterocycles. The number of hydrogen-bond acceptors (Lipinski definition) is 2. The average molecular weight is 739 g/mol. The highest BCUT2D eigenvalue weighted by molar-refractivity contribution is 9.09. The SMILES string of the molecule is CCC(Br)Oc1cccc(C2=c3ccc([nH]3)=Cc3ccc([nH]3)C(c3cccc(OC(Br)CC)c3)=c3ccc([nH]3)=Cc3ccc2[nH]3)c1. The number of aromatic amines is 4. The van der Waals surface area contributed by atoms with Crippen molar-refractivity contribution in [3.8, 4) is 11.5 Å². The number of H-pyrrole nitrogens is 4. The minimum atomic E-state index is -0.0442. The normalized spacial score (nSPS) is 13.9. The molecule has 0 radical (unpaired) electrons. The molecule has 6 aromatic rings. The minimum absolute atomic E-state index is 0.0442. The van der Waals surface area contributed by atoms with Gasteiger partial charge in [0.2, 0.25) is 0 Å². The fraction of sp³-hybridized carbons (Fsp3) is 0.158. The molecule has 232 valence electrons. The second kappa shape index (κ2) is 13.1. The quantitative estimate of drug-likeness (QED) is 0.135. The summed E-state index contributed by atoms with van der Waals surface area (Å²) in [6.45, 7) is 4.18. The van der Waals surface area contributed by atoms with Gasteiger partial charge in [0, 0.05) is 55.3 Å². The molecule has 5 heterocycles. The Hall–Kier alpha value is -4.40. The van der Waals surface area contributed by atoms with Gasteiger partial charge in [0.15, 0.2) is 10.0 Å². The van der Waals surface area contributed by atoms with Crippen LogP contribution in [0.1, 0.15) is 60.6 Å². The van der Waals surface area contributed by atoms with Crippen LogP contribution in [0.25, 0.3) is 23.3 Å². The van der Waals surface area contributed by atoms with Gasteiger partial charge in [-0.15, -0.1) is 0 Å². The van der Waals surface area contributed by atoms with E-state index in [1.807, 2.05) is 24.3 Å². The summed E-state index contributed by atoms with van der Waals surface area (Å²) < 4.78 is 12.2. The molecular weight excluding hydrogens is 704 g/mol. The summed E-state index contributed by atoms with van der Waals surface area (Å²) >= 11 is 7.21. The molecular formula is C38H34Br2N4O2. The predicted molar refractivity (Wildman–Crippen MR) is 192 cm³/mol. The lowest BCUT2D eigenvalue weighted by Gasteiger charge is -2.13. The fourth-order valence-corrected chi connectivity index (χ4v) is 6.16. The second-order valence-electron chi connectivity index (χ2n) is 11.3. The Morgan fingerprint density at radius 2 is 1.00 bits per heavy atom. The van der Waals surface area contributed by atoms with Crippen molar-refractivity contribution >= 4 is 55.2 Å². The number of aromatic nitrogens is 4. The van der Waals surface area contributed by atoms with E-state index in [9.17, 15) is 0 Å². The van der Waals surface area contributed by atoms with E-state index in [1.54, 1.807) is 0 Å². The highest BCUT2D eigenvalue weighted by Gasteiger charge is 2.14. The standard InChI is InChI=1S/C38H34Br2N4O2/c1-3-35(39)45-29-9-5-7-23(19-29)37-31-15-11-25(41-31)21-27-13-17-33(43-27)38(24-8-6-10-30(20-24)46-36(40)4-2)34-18-14-28(44-34)22-26-12-16-32(37)42-26/h5-22,35-36,41-44H,3-4H2,1-2H3. The number of ether oxygens (including phenoxy) is 2. The molecule has 6 nitrogen and oxygen atoms in total. The Kier molecular flexibility index (Phi) is 8.65. The Morgan fingerprint density at radius 1 is 0.543 bits per heavy atom. The van der Waals surface area contributed by atoms with Crippen LogP contribution in [0.5, 0.6) is 11.5 Å². The number of hydrogen-bond donors (Lipinski definition) is 4. The van der Waals surface area contributed by atoms with E-state index in [0.29, 0.717) is 0 Å². The Balaban J connectivity index is 1.41. The maximum absolute atomic E-state index is 6.11. The first-order valence-corrected chi connectivity index (χ1v) is 17.3. The third kappa shape index (κ3) is 6.46. The largest absolute Gasteiger partial charge is 0.479 e. The van der Waals surface area contributed by atoms with E-state index >= 15 is 0 Å². The summed E-state index contributed by atoms with van der Waals surface area (Å²) in [6, 6.07) is 33.5. The lowest BCUT2D eigenvalue weighted by molar-refractivity contribution is 0.290. The van der Waals surface area contributed by atoms with Crippen molar-refractivity contribution in [2.45, 2.75) is 36.7 Å². The van der Waals surface area contributed by atoms with E-state index in [0.717, 1.165) is 90.8 Å². The van der Waals surface area contributed by atoms with Gasteiger partial charge in [-0.3, -0.25) is 0 Å². The summed E-state index contributed by atoms with van der Waals surface area (Å²) in [4.78, 5) is 14.6. The maximum atomic E-state index is 6.11. The molecule has 4 N–H and O–H groups in total. The van der Waals surface area contributed by atoms with Crippen molar-refractivity contribution in [2.24, 2.45) is 0 Å². The van der Waals surface area contributed by atoms with Gasteiger partial charge in [-0.25, -0.2) is 0 Å². The molecule has 0 saturated carbocycles. The zero-order chi connectivity index (χ0) is 31.6. The molecule has 0 aliphatic carbocycles. The smallest absolute Gasteiger partial charge is 0.153 e. The lowest BCUT2D eigenvalue weighted by atomic mass is 10.0. The second-order valence-corrected chi connectivity index (χ2v) is 13.3. The molecule has 7 rings (SSSR count). The Bertz CT molecular complexity index is 2090. The molecule has 1 aliphatic rings. The van der Waals surface area contributed by atoms with Gasteiger partial charge in [-0.1, -0.05) is 38.1 Å². The first-order valence-electron chi connectivity index (χ1n) is 15.5. The van der Waals surface area contributed by atoms with Crippen molar-refractivity contribution in [3.63, 3.8) is 0 Å². The van der Waals surface area contributed by atoms with Gasteiger partial charge < -0.3 is 29.4 Å². The molecule has 0 fully saturated rings. The van der Waals surface area contributed by atoms with Crippen LogP contribution in [0.15, 0.2) is 97.1 Å². The topological polar surface area (TPSA) is 81.6 Å². The number of fused-ring (bicyclic) bond motifs is 8.